The van der Waals surface area contributed by atoms with Crippen molar-refractivity contribution >= 4 is 0 Å². The number of piperidine rings is 1. The summed E-state index contributed by atoms with van der Waals surface area (Å²) in [5.41, 5.74) is 7.83. The molecular weight excluding hydrogens is 248 g/mol. The van der Waals surface area contributed by atoms with Gasteiger partial charge in [-0.15, -0.1) is 0 Å². The molecule has 2 aliphatic rings. The quantitative estimate of drug-likeness (QED) is 0.909. The standard InChI is InChI=1S/C16H26N4/c1-13-10-19-8-3-2-7-16(19)12-20(13)11-15-6-4-5-14(9-17)18-15/h4-6,13,16H,2-3,7-12,17H2,1H3. The average molecular weight is 274 g/mol. The van der Waals surface area contributed by atoms with Gasteiger partial charge in [0.15, 0.2) is 0 Å². The van der Waals surface area contributed by atoms with Gasteiger partial charge >= 0.3 is 0 Å². The van der Waals surface area contributed by atoms with Crippen molar-refractivity contribution in [3.05, 3.63) is 29.6 Å². The van der Waals surface area contributed by atoms with Crippen LogP contribution in [0, 0.1) is 0 Å². The fraction of sp³-hybridized carbons (Fsp3) is 0.688. The van der Waals surface area contributed by atoms with Crippen LogP contribution in [0.2, 0.25) is 0 Å². The lowest BCUT2D eigenvalue weighted by Gasteiger charge is -2.47. The third kappa shape index (κ3) is 3.03. The predicted octanol–water partition coefficient (Wildman–Crippen LogP) is 1.60. The second kappa shape index (κ2) is 6.20. The van der Waals surface area contributed by atoms with Crippen LogP contribution in [0.4, 0.5) is 0 Å². The smallest absolute Gasteiger partial charge is 0.0548 e. The van der Waals surface area contributed by atoms with Crippen molar-refractivity contribution in [1.82, 2.24) is 14.8 Å². The lowest BCUT2D eigenvalue weighted by molar-refractivity contribution is 0.0105. The van der Waals surface area contributed by atoms with Gasteiger partial charge in [-0.05, 0) is 38.4 Å². The summed E-state index contributed by atoms with van der Waals surface area (Å²) in [5, 5.41) is 0. The topological polar surface area (TPSA) is 45.4 Å². The van der Waals surface area contributed by atoms with Crippen LogP contribution in [-0.2, 0) is 13.1 Å². The van der Waals surface area contributed by atoms with Crippen LogP contribution in [0.25, 0.3) is 0 Å². The molecule has 2 aliphatic heterocycles. The second-order valence-corrected chi connectivity index (χ2v) is 6.25. The lowest BCUT2D eigenvalue weighted by atomic mass is 9.97. The molecule has 0 radical (unpaired) electrons. The fourth-order valence-corrected chi connectivity index (χ4v) is 3.57. The van der Waals surface area contributed by atoms with Gasteiger partial charge in [0, 0.05) is 38.3 Å². The van der Waals surface area contributed by atoms with Crippen LogP contribution in [0.5, 0.6) is 0 Å². The summed E-state index contributed by atoms with van der Waals surface area (Å²) in [6, 6.07) is 7.59. The molecule has 2 N–H and O–H groups in total. The first-order chi connectivity index (χ1) is 9.76. The fourth-order valence-electron chi connectivity index (χ4n) is 3.57. The summed E-state index contributed by atoms with van der Waals surface area (Å²) in [6.45, 7) is 7.53. The third-order valence-corrected chi connectivity index (χ3v) is 4.76. The molecule has 1 aromatic rings. The highest BCUT2D eigenvalue weighted by atomic mass is 15.3. The Morgan fingerprint density at radius 1 is 1.25 bits per heavy atom. The van der Waals surface area contributed by atoms with Gasteiger partial charge in [-0.3, -0.25) is 14.8 Å². The van der Waals surface area contributed by atoms with E-state index in [0.29, 0.717) is 12.6 Å². The molecule has 0 bridgehead atoms. The zero-order chi connectivity index (χ0) is 13.9. The van der Waals surface area contributed by atoms with Gasteiger partial charge in [-0.1, -0.05) is 12.5 Å². The minimum Gasteiger partial charge on any atom is -0.325 e. The molecule has 0 aromatic carbocycles. The van der Waals surface area contributed by atoms with Crippen molar-refractivity contribution < 1.29 is 0 Å². The number of hydrogen-bond acceptors (Lipinski definition) is 4. The summed E-state index contributed by atoms with van der Waals surface area (Å²) in [5.74, 6) is 0. The van der Waals surface area contributed by atoms with E-state index >= 15 is 0 Å². The Kier molecular flexibility index (Phi) is 4.34. The highest BCUT2D eigenvalue weighted by molar-refractivity contribution is 5.11. The molecule has 2 fully saturated rings. The van der Waals surface area contributed by atoms with Crippen LogP contribution in [-0.4, -0.2) is 46.5 Å². The van der Waals surface area contributed by atoms with Crippen LogP contribution < -0.4 is 5.73 Å². The molecule has 0 spiro atoms. The molecule has 0 saturated carbocycles. The number of pyridine rings is 1. The van der Waals surface area contributed by atoms with Crippen molar-refractivity contribution in [3.8, 4) is 0 Å². The first-order valence-electron chi connectivity index (χ1n) is 7.89. The third-order valence-electron chi connectivity index (χ3n) is 4.76. The van der Waals surface area contributed by atoms with E-state index < -0.39 is 0 Å². The van der Waals surface area contributed by atoms with Crippen molar-refractivity contribution in [1.29, 1.82) is 0 Å². The summed E-state index contributed by atoms with van der Waals surface area (Å²) < 4.78 is 0. The van der Waals surface area contributed by atoms with Crippen LogP contribution in [0.1, 0.15) is 37.6 Å². The SMILES string of the molecule is CC1CN2CCCCC2CN1Cc1cccc(CN)n1. The number of rotatable bonds is 3. The van der Waals surface area contributed by atoms with E-state index in [1.165, 1.54) is 38.9 Å². The Hall–Kier alpha value is -0.970. The van der Waals surface area contributed by atoms with Crippen molar-refractivity contribution in [3.63, 3.8) is 0 Å². The maximum Gasteiger partial charge on any atom is 0.0548 e. The van der Waals surface area contributed by atoms with Gasteiger partial charge in [0.1, 0.15) is 0 Å². The van der Waals surface area contributed by atoms with E-state index in [1.54, 1.807) is 0 Å². The van der Waals surface area contributed by atoms with Crippen LogP contribution in [0.15, 0.2) is 18.2 Å². The molecular formula is C16H26N4. The van der Waals surface area contributed by atoms with E-state index in [-0.39, 0.29) is 0 Å². The zero-order valence-corrected chi connectivity index (χ0v) is 12.5. The minimum absolute atomic E-state index is 0.528. The molecule has 2 atom stereocenters. The lowest BCUT2D eigenvalue weighted by Crippen LogP contribution is -2.58. The first-order valence-corrected chi connectivity index (χ1v) is 7.89. The van der Waals surface area contributed by atoms with Crippen molar-refractivity contribution in [2.24, 2.45) is 5.73 Å². The van der Waals surface area contributed by atoms with E-state index in [2.05, 4.69) is 33.8 Å². The Morgan fingerprint density at radius 3 is 2.95 bits per heavy atom. The number of piperazine rings is 1. The van der Waals surface area contributed by atoms with Crippen molar-refractivity contribution in [2.75, 3.05) is 19.6 Å². The molecule has 2 saturated heterocycles. The number of hydrogen-bond donors (Lipinski definition) is 1. The van der Waals surface area contributed by atoms with Gasteiger partial charge in [-0.2, -0.15) is 0 Å². The van der Waals surface area contributed by atoms with Crippen LogP contribution in [0.3, 0.4) is 0 Å². The Labute approximate surface area is 122 Å². The second-order valence-electron chi connectivity index (χ2n) is 6.25. The molecule has 4 heteroatoms. The molecule has 0 amide bonds. The first kappa shape index (κ1) is 14.0. The Morgan fingerprint density at radius 2 is 2.10 bits per heavy atom. The van der Waals surface area contributed by atoms with Gasteiger partial charge in [0.05, 0.1) is 11.4 Å². The maximum absolute atomic E-state index is 5.68. The number of fused-ring (bicyclic) bond motifs is 1. The highest BCUT2D eigenvalue weighted by Gasteiger charge is 2.32. The maximum atomic E-state index is 5.68. The number of aromatic nitrogens is 1. The van der Waals surface area contributed by atoms with E-state index in [1.807, 2.05) is 6.07 Å². The molecule has 4 nitrogen and oxygen atoms in total. The molecule has 3 heterocycles. The summed E-state index contributed by atoms with van der Waals surface area (Å²) in [7, 11) is 0. The summed E-state index contributed by atoms with van der Waals surface area (Å²) in [4.78, 5) is 9.92. The van der Waals surface area contributed by atoms with E-state index in [9.17, 15) is 0 Å². The molecule has 110 valence electrons. The van der Waals surface area contributed by atoms with E-state index in [0.717, 1.165) is 24.0 Å². The molecule has 2 unspecified atom stereocenters. The number of nitrogens with zero attached hydrogens (tertiary/aromatic N) is 3. The van der Waals surface area contributed by atoms with Crippen molar-refractivity contribution in [2.45, 2.75) is 51.4 Å². The zero-order valence-electron chi connectivity index (χ0n) is 12.5. The molecule has 3 rings (SSSR count). The monoisotopic (exact) mass is 274 g/mol. The normalized spacial score (nSPS) is 28.3. The number of nitrogens with two attached hydrogens (primary N) is 1. The molecule has 1 aromatic heterocycles. The Bertz CT molecular complexity index is 448. The molecule has 0 aliphatic carbocycles. The average Bonchev–Trinajstić information content (AvgIpc) is 2.48. The van der Waals surface area contributed by atoms with Gasteiger partial charge < -0.3 is 5.73 Å². The van der Waals surface area contributed by atoms with Gasteiger partial charge in [0.25, 0.3) is 0 Å². The van der Waals surface area contributed by atoms with Gasteiger partial charge in [0.2, 0.25) is 0 Å². The highest BCUT2D eigenvalue weighted by Crippen LogP contribution is 2.24. The minimum atomic E-state index is 0.528. The largest absolute Gasteiger partial charge is 0.325 e. The van der Waals surface area contributed by atoms with Crippen LogP contribution >= 0.6 is 0 Å². The molecule has 20 heavy (non-hydrogen) atoms. The van der Waals surface area contributed by atoms with E-state index in [4.69, 9.17) is 5.73 Å². The Balaban J connectivity index is 1.67. The predicted molar refractivity (Wildman–Crippen MR) is 81.2 cm³/mol. The summed E-state index contributed by atoms with van der Waals surface area (Å²) >= 11 is 0. The van der Waals surface area contributed by atoms with Gasteiger partial charge in [-0.25, -0.2) is 0 Å². The summed E-state index contributed by atoms with van der Waals surface area (Å²) in [6.07, 6.45) is 4.13.